The first-order valence-electron chi connectivity index (χ1n) is 6.41. The quantitative estimate of drug-likeness (QED) is 0.839. The maximum absolute atomic E-state index is 13.8. The van der Waals surface area contributed by atoms with Gasteiger partial charge in [-0.2, -0.15) is 0 Å². The number of nitrogens with two attached hydrogens (primary N) is 1. The molecule has 0 saturated heterocycles. The summed E-state index contributed by atoms with van der Waals surface area (Å²) in [4.78, 5) is 12.0. The van der Waals surface area contributed by atoms with Gasteiger partial charge in [0.15, 0.2) is 0 Å². The number of benzene rings is 1. The van der Waals surface area contributed by atoms with Gasteiger partial charge in [-0.15, -0.1) is 0 Å². The van der Waals surface area contributed by atoms with E-state index in [1.807, 2.05) is 6.07 Å². The van der Waals surface area contributed by atoms with E-state index in [0.29, 0.717) is 11.3 Å². The van der Waals surface area contributed by atoms with Gasteiger partial charge in [0, 0.05) is 23.0 Å². The summed E-state index contributed by atoms with van der Waals surface area (Å²) in [5, 5.41) is 0. The summed E-state index contributed by atoms with van der Waals surface area (Å²) in [6.07, 6.45) is 2.91. The Hall–Kier alpha value is -2.10. The molecule has 4 heteroatoms. The van der Waals surface area contributed by atoms with E-state index in [1.54, 1.807) is 22.8 Å². The monoisotopic (exact) mass is 258 g/mol. The Balaban J connectivity index is 2.10. The van der Waals surface area contributed by atoms with Crippen LogP contribution >= 0.6 is 0 Å². The Bertz CT molecular complexity index is 671. The Kier molecular flexibility index (Phi) is 2.85. The number of nitrogens with zero attached hydrogens (tertiary/aromatic N) is 1. The van der Waals surface area contributed by atoms with Gasteiger partial charge in [-0.1, -0.05) is 12.1 Å². The van der Waals surface area contributed by atoms with E-state index in [4.69, 9.17) is 5.73 Å². The number of fused-ring (bicyclic) bond motifs is 1. The fourth-order valence-corrected chi connectivity index (χ4v) is 2.71. The molecule has 1 heterocycles. The highest BCUT2D eigenvalue weighted by Gasteiger charge is 2.17. The van der Waals surface area contributed by atoms with Crippen molar-refractivity contribution in [1.29, 1.82) is 0 Å². The minimum absolute atomic E-state index is 0.0942. The third kappa shape index (κ3) is 2.03. The van der Waals surface area contributed by atoms with Crippen molar-refractivity contribution in [2.24, 2.45) is 0 Å². The number of aromatic nitrogens is 1. The molecule has 0 unspecified atom stereocenters. The standard InChI is InChI=1S/C15H15FN2O/c16-12-4-2-5-13(17)11(12)9-18-14-6-1-3-10(14)7-8-15(18)19/h2,4-5,7-8H,1,3,6,9,17H2. The molecule has 0 fully saturated rings. The highest BCUT2D eigenvalue weighted by molar-refractivity contribution is 5.47. The van der Waals surface area contributed by atoms with Crippen LogP contribution in [0.25, 0.3) is 0 Å². The Labute approximate surface area is 110 Å². The maximum Gasteiger partial charge on any atom is 0.251 e. The second-order valence-corrected chi connectivity index (χ2v) is 4.89. The van der Waals surface area contributed by atoms with Crippen LogP contribution in [0, 0.1) is 5.82 Å². The lowest BCUT2D eigenvalue weighted by Gasteiger charge is -2.14. The van der Waals surface area contributed by atoms with Gasteiger partial charge < -0.3 is 10.3 Å². The van der Waals surface area contributed by atoms with Crippen molar-refractivity contribution in [1.82, 2.24) is 4.57 Å². The average molecular weight is 258 g/mol. The SMILES string of the molecule is Nc1cccc(F)c1Cn1c2c(ccc1=O)CCC2. The molecule has 1 aromatic carbocycles. The van der Waals surface area contributed by atoms with Gasteiger partial charge in [-0.05, 0) is 37.0 Å². The number of halogens is 1. The fourth-order valence-electron chi connectivity index (χ4n) is 2.71. The molecule has 2 aromatic rings. The summed E-state index contributed by atoms with van der Waals surface area (Å²) in [5.41, 5.74) is 8.71. The Morgan fingerprint density at radius 3 is 2.84 bits per heavy atom. The molecule has 1 aromatic heterocycles. The van der Waals surface area contributed by atoms with Crippen LogP contribution in [0.2, 0.25) is 0 Å². The molecular weight excluding hydrogens is 243 g/mol. The third-order valence-electron chi connectivity index (χ3n) is 3.72. The maximum atomic E-state index is 13.8. The van der Waals surface area contributed by atoms with Crippen molar-refractivity contribution < 1.29 is 4.39 Å². The zero-order valence-corrected chi connectivity index (χ0v) is 10.5. The smallest absolute Gasteiger partial charge is 0.251 e. The second-order valence-electron chi connectivity index (χ2n) is 4.89. The van der Waals surface area contributed by atoms with E-state index in [0.717, 1.165) is 25.0 Å². The number of nitrogen functional groups attached to an aromatic ring is 1. The molecule has 0 radical (unpaired) electrons. The molecule has 0 spiro atoms. The van der Waals surface area contributed by atoms with Gasteiger partial charge in [-0.3, -0.25) is 4.79 Å². The van der Waals surface area contributed by atoms with Crippen LogP contribution in [-0.4, -0.2) is 4.57 Å². The lowest BCUT2D eigenvalue weighted by Crippen LogP contribution is -2.24. The number of rotatable bonds is 2. The molecule has 0 saturated carbocycles. The first kappa shape index (κ1) is 12.0. The molecule has 19 heavy (non-hydrogen) atoms. The lowest BCUT2D eigenvalue weighted by atomic mass is 10.1. The summed E-state index contributed by atoms with van der Waals surface area (Å²) >= 11 is 0. The highest BCUT2D eigenvalue weighted by atomic mass is 19.1. The van der Waals surface area contributed by atoms with Crippen LogP contribution < -0.4 is 11.3 Å². The molecule has 3 nitrogen and oxygen atoms in total. The topological polar surface area (TPSA) is 48.0 Å². The van der Waals surface area contributed by atoms with Crippen molar-refractivity contribution in [3.05, 3.63) is 63.3 Å². The van der Waals surface area contributed by atoms with Gasteiger partial charge in [-0.25, -0.2) is 4.39 Å². The molecular formula is C15H15FN2O. The Morgan fingerprint density at radius 1 is 1.21 bits per heavy atom. The fraction of sp³-hybridized carbons (Fsp3) is 0.267. The van der Waals surface area contributed by atoms with Gasteiger partial charge in [0.2, 0.25) is 0 Å². The minimum atomic E-state index is -0.359. The van der Waals surface area contributed by atoms with E-state index < -0.39 is 0 Å². The first-order valence-corrected chi connectivity index (χ1v) is 6.41. The van der Waals surface area contributed by atoms with Crippen LogP contribution in [0.1, 0.15) is 23.2 Å². The highest BCUT2D eigenvalue weighted by Crippen LogP contribution is 2.22. The van der Waals surface area contributed by atoms with Crippen molar-refractivity contribution in [3.8, 4) is 0 Å². The third-order valence-corrected chi connectivity index (χ3v) is 3.72. The number of anilines is 1. The van der Waals surface area contributed by atoms with Crippen molar-refractivity contribution >= 4 is 5.69 Å². The molecule has 1 aliphatic carbocycles. The zero-order valence-electron chi connectivity index (χ0n) is 10.5. The summed E-state index contributed by atoms with van der Waals surface area (Å²) in [6, 6.07) is 8.05. The van der Waals surface area contributed by atoms with E-state index in [-0.39, 0.29) is 17.9 Å². The minimum Gasteiger partial charge on any atom is -0.398 e. The van der Waals surface area contributed by atoms with Gasteiger partial charge >= 0.3 is 0 Å². The zero-order chi connectivity index (χ0) is 13.4. The molecule has 1 aliphatic rings. The van der Waals surface area contributed by atoms with Gasteiger partial charge in [0.05, 0.1) is 6.54 Å². The number of pyridine rings is 1. The molecule has 0 bridgehead atoms. The number of hydrogen-bond donors (Lipinski definition) is 1. The van der Waals surface area contributed by atoms with Crippen LogP contribution in [-0.2, 0) is 19.4 Å². The number of aryl methyl sites for hydroxylation is 1. The molecule has 98 valence electrons. The normalized spacial score (nSPS) is 13.5. The van der Waals surface area contributed by atoms with E-state index in [9.17, 15) is 9.18 Å². The predicted molar refractivity (Wildman–Crippen MR) is 72.6 cm³/mol. The largest absolute Gasteiger partial charge is 0.398 e. The summed E-state index contributed by atoms with van der Waals surface area (Å²) in [7, 11) is 0. The van der Waals surface area contributed by atoms with Crippen molar-refractivity contribution in [3.63, 3.8) is 0 Å². The summed E-state index contributed by atoms with van der Waals surface area (Å²) in [5.74, 6) is -0.359. The molecule has 3 rings (SSSR count). The Morgan fingerprint density at radius 2 is 2.05 bits per heavy atom. The summed E-state index contributed by atoms with van der Waals surface area (Å²) in [6.45, 7) is 0.209. The van der Waals surface area contributed by atoms with Crippen molar-refractivity contribution in [2.45, 2.75) is 25.8 Å². The van der Waals surface area contributed by atoms with E-state index >= 15 is 0 Å². The molecule has 2 N–H and O–H groups in total. The van der Waals surface area contributed by atoms with Crippen LogP contribution in [0.3, 0.4) is 0 Å². The lowest BCUT2D eigenvalue weighted by molar-refractivity contribution is 0.592. The molecule has 0 aliphatic heterocycles. The second kappa shape index (κ2) is 4.53. The predicted octanol–water partition coefficient (Wildman–Crippen LogP) is 2.11. The van der Waals surface area contributed by atoms with E-state index in [2.05, 4.69) is 0 Å². The van der Waals surface area contributed by atoms with Crippen molar-refractivity contribution in [2.75, 3.05) is 5.73 Å². The van der Waals surface area contributed by atoms with Crippen LogP contribution in [0.15, 0.2) is 35.1 Å². The van der Waals surface area contributed by atoms with Crippen LogP contribution in [0.4, 0.5) is 10.1 Å². The van der Waals surface area contributed by atoms with E-state index in [1.165, 1.54) is 11.6 Å². The average Bonchev–Trinajstić information content (AvgIpc) is 2.84. The van der Waals surface area contributed by atoms with Crippen LogP contribution in [0.5, 0.6) is 0 Å². The van der Waals surface area contributed by atoms with Gasteiger partial charge in [0.25, 0.3) is 5.56 Å². The first-order chi connectivity index (χ1) is 9.16. The summed E-state index contributed by atoms with van der Waals surface area (Å²) < 4.78 is 15.5. The molecule has 0 amide bonds. The van der Waals surface area contributed by atoms with Gasteiger partial charge in [0.1, 0.15) is 5.82 Å². The molecule has 0 atom stereocenters. The number of hydrogen-bond acceptors (Lipinski definition) is 2.